The number of likely N-dealkylation sites (tertiary alicyclic amines) is 1. The Hall–Kier alpha value is -1.04. The summed E-state index contributed by atoms with van der Waals surface area (Å²) in [7, 11) is 0.660. The maximum atomic E-state index is 12.5. The van der Waals surface area contributed by atoms with Crippen LogP contribution >= 0.6 is 0 Å². The zero-order valence-electron chi connectivity index (χ0n) is 14.2. The first kappa shape index (κ1) is 21.0. The standard InChI is InChI=1S/C13H25F2N3O5S/c1-9(12(14)15)23-13(19)18-6-5-11(10(7-18)8-22-4)16-24(20,21)17(2)3/h9-12,16H,5-8H2,1-4H3/t9-,10+,11+/m1/s1. The van der Waals surface area contributed by atoms with Crippen molar-refractivity contribution in [1.82, 2.24) is 13.9 Å². The first-order chi connectivity index (χ1) is 11.1. The second kappa shape index (κ2) is 8.88. The molecule has 11 heteroatoms. The molecule has 0 saturated carbocycles. The largest absolute Gasteiger partial charge is 0.440 e. The van der Waals surface area contributed by atoms with Crippen molar-refractivity contribution in [3.05, 3.63) is 0 Å². The molecule has 3 atom stereocenters. The van der Waals surface area contributed by atoms with Gasteiger partial charge in [-0.3, -0.25) is 0 Å². The minimum atomic E-state index is -3.62. The maximum Gasteiger partial charge on any atom is 0.410 e. The Morgan fingerprint density at radius 1 is 1.42 bits per heavy atom. The van der Waals surface area contributed by atoms with Crippen LogP contribution in [0.5, 0.6) is 0 Å². The molecule has 1 rings (SSSR count). The first-order valence-corrected chi connectivity index (χ1v) is 8.95. The molecule has 1 heterocycles. The highest BCUT2D eigenvalue weighted by Crippen LogP contribution is 2.20. The molecule has 0 radical (unpaired) electrons. The van der Waals surface area contributed by atoms with E-state index in [0.29, 0.717) is 6.42 Å². The first-order valence-electron chi connectivity index (χ1n) is 7.51. The molecule has 142 valence electrons. The van der Waals surface area contributed by atoms with E-state index in [1.165, 1.54) is 26.1 Å². The zero-order chi connectivity index (χ0) is 18.5. The normalized spacial score (nSPS) is 23.6. The van der Waals surface area contributed by atoms with Gasteiger partial charge in [-0.1, -0.05) is 0 Å². The van der Waals surface area contributed by atoms with Gasteiger partial charge in [-0.2, -0.15) is 17.4 Å². The summed E-state index contributed by atoms with van der Waals surface area (Å²) in [4.78, 5) is 13.2. The molecule has 8 nitrogen and oxygen atoms in total. The second-order valence-corrected chi connectivity index (χ2v) is 7.80. The van der Waals surface area contributed by atoms with Gasteiger partial charge in [0.05, 0.1) is 6.61 Å². The molecule has 0 aliphatic carbocycles. The number of piperidine rings is 1. The van der Waals surface area contributed by atoms with E-state index in [-0.39, 0.29) is 25.6 Å². The number of carbonyl (C=O) groups excluding carboxylic acids is 1. The minimum Gasteiger partial charge on any atom is -0.440 e. The van der Waals surface area contributed by atoms with Gasteiger partial charge in [-0.15, -0.1) is 0 Å². The molecule has 0 aromatic rings. The van der Waals surface area contributed by atoms with Crippen molar-refractivity contribution in [1.29, 1.82) is 0 Å². The Kier molecular flexibility index (Phi) is 7.77. The maximum absolute atomic E-state index is 12.5. The molecular formula is C13H25F2N3O5S. The number of nitrogens with one attached hydrogen (secondary N) is 1. The van der Waals surface area contributed by atoms with Crippen LogP contribution in [-0.2, 0) is 19.7 Å². The van der Waals surface area contributed by atoms with Gasteiger partial charge in [-0.25, -0.2) is 13.6 Å². The topological polar surface area (TPSA) is 88.2 Å². The SMILES string of the molecule is COC[C@@H]1CN(C(=O)O[C@H](C)C(F)F)CC[C@@H]1NS(=O)(=O)N(C)C. The van der Waals surface area contributed by atoms with Crippen LogP contribution in [-0.4, -0.2) is 83.2 Å². The third-order valence-electron chi connectivity index (χ3n) is 3.80. The molecule has 1 aliphatic heterocycles. The van der Waals surface area contributed by atoms with Gasteiger partial charge in [0.2, 0.25) is 0 Å². The molecule has 0 aromatic carbocycles. The number of hydrogen-bond acceptors (Lipinski definition) is 5. The smallest absolute Gasteiger partial charge is 0.410 e. The van der Waals surface area contributed by atoms with Crippen LogP contribution in [0.4, 0.5) is 13.6 Å². The highest BCUT2D eigenvalue weighted by molar-refractivity contribution is 7.87. The molecule has 0 spiro atoms. The van der Waals surface area contributed by atoms with Crippen molar-refractivity contribution < 1.29 is 31.5 Å². The summed E-state index contributed by atoms with van der Waals surface area (Å²) in [5.41, 5.74) is 0. The van der Waals surface area contributed by atoms with E-state index in [9.17, 15) is 22.0 Å². The third kappa shape index (κ3) is 5.80. The number of nitrogens with zero attached hydrogens (tertiary/aromatic N) is 2. The third-order valence-corrected chi connectivity index (χ3v) is 5.36. The summed E-state index contributed by atoms with van der Waals surface area (Å²) in [5.74, 6) is -0.312. The number of methoxy groups -OCH3 is 1. The van der Waals surface area contributed by atoms with Crippen LogP contribution in [0.3, 0.4) is 0 Å². The lowest BCUT2D eigenvalue weighted by atomic mass is 9.94. The summed E-state index contributed by atoms with van der Waals surface area (Å²) in [6, 6.07) is -0.422. The highest BCUT2D eigenvalue weighted by atomic mass is 32.2. The number of rotatable bonds is 7. The fourth-order valence-corrected chi connectivity index (χ4v) is 3.22. The van der Waals surface area contributed by atoms with E-state index in [2.05, 4.69) is 4.72 Å². The second-order valence-electron chi connectivity index (χ2n) is 5.89. The van der Waals surface area contributed by atoms with Crippen molar-refractivity contribution in [3.63, 3.8) is 0 Å². The number of hydrogen-bond donors (Lipinski definition) is 1. The molecular weight excluding hydrogens is 348 g/mol. The van der Waals surface area contributed by atoms with Gasteiger partial charge < -0.3 is 14.4 Å². The number of ether oxygens (including phenoxy) is 2. The van der Waals surface area contributed by atoms with E-state index in [4.69, 9.17) is 9.47 Å². The summed E-state index contributed by atoms with van der Waals surface area (Å²) in [5, 5.41) is 0. The lowest BCUT2D eigenvalue weighted by Gasteiger charge is -2.38. The number of carbonyl (C=O) groups is 1. The molecule has 24 heavy (non-hydrogen) atoms. The average Bonchev–Trinajstić information content (AvgIpc) is 2.48. The van der Waals surface area contributed by atoms with Crippen molar-refractivity contribution >= 4 is 16.3 Å². The van der Waals surface area contributed by atoms with E-state index in [0.717, 1.165) is 11.2 Å². The number of amides is 1. The Bertz CT molecular complexity index is 518. The Labute approximate surface area is 141 Å². The van der Waals surface area contributed by atoms with Crippen molar-refractivity contribution in [3.8, 4) is 0 Å². The van der Waals surface area contributed by atoms with Crippen LogP contribution in [0.1, 0.15) is 13.3 Å². The van der Waals surface area contributed by atoms with Gasteiger partial charge in [0.1, 0.15) is 0 Å². The minimum absolute atomic E-state index is 0.156. The molecule has 1 saturated heterocycles. The molecule has 1 aliphatic rings. The van der Waals surface area contributed by atoms with Crippen LogP contribution < -0.4 is 4.72 Å². The molecule has 0 aromatic heterocycles. The summed E-state index contributed by atoms with van der Waals surface area (Å²) in [6.07, 6.45) is -4.76. The van der Waals surface area contributed by atoms with E-state index >= 15 is 0 Å². The molecule has 1 N–H and O–H groups in total. The average molecular weight is 373 g/mol. The number of halogens is 2. The van der Waals surface area contributed by atoms with Gasteiger partial charge in [0.15, 0.2) is 6.10 Å². The van der Waals surface area contributed by atoms with Crippen LogP contribution in [0.25, 0.3) is 0 Å². The van der Waals surface area contributed by atoms with Crippen LogP contribution in [0.15, 0.2) is 0 Å². The fraction of sp³-hybridized carbons (Fsp3) is 0.923. The van der Waals surface area contributed by atoms with E-state index < -0.39 is 34.9 Å². The monoisotopic (exact) mass is 373 g/mol. The van der Waals surface area contributed by atoms with Crippen molar-refractivity contribution in [2.24, 2.45) is 5.92 Å². The predicted octanol–water partition coefficient (Wildman–Crippen LogP) is 0.510. The Morgan fingerprint density at radius 2 is 2.04 bits per heavy atom. The quantitative estimate of drug-likeness (QED) is 0.703. The Morgan fingerprint density at radius 3 is 2.54 bits per heavy atom. The highest BCUT2D eigenvalue weighted by Gasteiger charge is 2.35. The summed E-state index contributed by atoms with van der Waals surface area (Å²) in [6.45, 7) is 1.70. The zero-order valence-corrected chi connectivity index (χ0v) is 15.1. The van der Waals surface area contributed by atoms with Crippen molar-refractivity contribution in [2.75, 3.05) is 40.9 Å². The van der Waals surface area contributed by atoms with E-state index in [1.54, 1.807) is 0 Å². The predicted molar refractivity (Wildman–Crippen MR) is 83.0 cm³/mol. The van der Waals surface area contributed by atoms with Gasteiger partial charge in [0.25, 0.3) is 16.6 Å². The summed E-state index contributed by atoms with van der Waals surface area (Å²) < 4.78 is 62.3. The van der Waals surface area contributed by atoms with Crippen molar-refractivity contribution in [2.45, 2.75) is 31.9 Å². The van der Waals surface area contributed by atoms with E-state index in [1.807, 2.05) is 0 Å². The lowest BCUT2D eigenvalue weighted by molar-refractivity contribution is -0.0271. The van der Waals surface area contributed by atoms with Crippen LogP contribution in [0, 0.1) is 5.92 Å². The van der Waals surface area contributed by atoms with Gasteiger partial charge in [0, 0.05) is 46.3 Å². The summed E-state index contributed by atoms with van der Waals surface area (Å²) >= 11 is 0. The molecule has 0 bridgehead atoms. The lowest BCUT2D eigenvalue weighted by Crippen LogP contribution is -2.55. The molecule has 0 unspecified atom stereocenters. The Balaban J connectivity index is 2.73. The fourth-order valence-electron chi connectivity index (χ4n) is 2.32. The molecule has 1 fully saturated rings. The van der Waals surface area contributed by atoms with Gasteiger partial charge in [-0.05, 0) is 13.3 Å². The van der Waals surface area contributed by atoms with Crippen LogP contribution in [0.2, 0.25) is 0 Å². The molecule has 1 amide bonds. The number of alkyl halides is 2. The van der Waals surface area contributed by atoms with Gasteiger partial charge >= 0.3 is 6.09 Å².